The molecule has 144 valence electrons. The predicted molar refractivity (Wildman–Crippen MR) is 103 cm³/mol. The Morgan fingerprint density at radius 3 is 2.15 bits per heavy atom. The second kappa shape index (κ2) is 6.87. The molecule has 1 aliphatic carbocycles. The lowest BCUT2D eigenvalue weighted by atomic mass is 10.1. The van der Waals surface area contributed by atoms with Gasteiger partial charge in [-0.1, -0.05) is 12.8 Å². The van der Waals surface area contributed by atoms with Crippen LogP contribution in [0.1, 0.15) is 36.0 Å². The van der Waals surface area contributed by atoms with E-state index in [1.165, 1.54) is 0 Å². The van der Waals surface area contributed by atoms with E-state index < -0.39 is 0 Å². The fourth-order valence-corrected chi connectivity index (χ4v) is 4.38. The number of hydrogen-bond donors (Lipinski definition) is 0. The Hall–Kier alpha value is -2.57. The second-order valence-corrected chi connectivity index (χ2v) is 7.70. The molecule has 2 heterocycles. The summed E-state index contributed by atoms with van der Waals surface area (Å²) in [7, 11) is 3.44. The van der Waals surface area contributed by atoms with Crippen molar-refractivity contribution in [2.24, 2.45) is 20.0 Å². The van der Waals surface area contributed by atoms with E-state index >= 15 is 0 Å². The van der Waals surface area contributed by atoms with E-state index in [-0.39, 0.29) is 23.4 Å². The Morgan fingerprint density at radius 1 is 0.889 bits per heavy atom. The van der Waals surface area contributed by atoms with Crippen molar-refractivity contribution in [2.75, 3.05) is 26.2 Å². The number of carbonyl (C=O) groups is 2. The van der Waals surface area contributed by atoms with Crippen LogP contribution in [-0.2, 0) is 18.9 Å². The summed E-state index contributed by atoms with van der Waals surface area (Å²) in [5, 5.41) is 0. The first-order valence-electron chi connectivity index (χ1n) is 9.71. The molecule has 0 bridgehead atoms. The molecular formula is C20H26N4O3. The first-order valence-corrected chi connectivity index (χ1v) is 9.71. The van der Waals surface area contributed by atoms with Gasteiger partial charge in [0.1, 0.15) is 0 Å². The molecule has 4 rings (SSSR count). The zero-order valence-corrected chi connectivity index (χ0v) is 16.0. The average Bonchev–Trinajstić information content (AvgIpc) is 3.31. The van der Waals surface area contributed by atoms with Gasteiger partial charge in [-0.2, -0.15) is 0 Å². The molecule has 2 fully saturated rings. The van der Waals surface area contributed by atoms with Gasteiger partial charge in [0.05, 0.1) is 11.0 Å². The Morgan fingerprint density at radius 2 is 1.48 bits per heavy atom. The molecular weight excluding hydrogens is 344 g/mol. The number of piperazine rings is 1. The molecule has 1 aliphatic heterocycles. The molecule has 0 radical (unpaired) electrons. The highest BCUT2D eigenvalue weighted by molar-refractivity contribution is 5.97. The summed E-state index contributed by atoms with van der Waals surface area (Å²) in [6.07, 6.45) is 4.32. The van der Waals surface area contributed by atoms with Crippen molar-refractivity contribution in [3.63, 3.8) is 0 Å². The number of aromatic nitrogens is 2. The largest absolute Gasteiger partial charge is 0.339 e. The maximum Gasteiger partial charge on any atom is 0.328 e. The van der Waals surface area contributed by atoms with Crippen LogP contribution >= 0.6 is 0 Å². The maximum absolute atomic E-state index is 12.9. The van der Waals surface area contributed by atoms with Crippen molar-refractivity contribution in [1.29, 1.82) is 0 Å². The zero-order valence-electron chi connectivity index (χ0n) is 16.0. The Balaban J connectivity index is 1.46. The molecule has 0 spiro atoms. The molecule has 7 nitrogen and oxygen atoms in total. The number of amides is 2. The lowest BCUT2D eigenvalue weighted by Crippen LogP contribution is -2.51. The molecule has 2 aliphatic rings. The van der Waals surface area contributed by atoms with Gasteiger partial charge in [0.25, 0.3) is 5.91 Å². The topological polar surface area (TPSA) is 67.6 Å². The second-order valence-electron chi connectivity index (χ2n) is 7.70. The molecule has 2 amide bonds. The van der Waals surface area contributed by atoms with Gasteiger partial charge in [-0.25, -0.2) is 4.79 Å². The third-order valence-electron chi connectivity index (χ3n) is 6.10. The summed E-state index contributed by atoms with van der Waals surface area (Å²) >= 11 is 0. The molecule has 1 aromatic heterocycles. The van der Waals surface area contributed by atoms with Crippen LogP contribution in [0.2, 0.25) is 0 Å². The molecule has 2 aromatic rings. The summed E-state index contributed by atoms with van der Waals surface area (Å²) in [5.74, 6) is 0.412. The quantitative estimate of drug-likeness (QED) is 0.801. The van der Waals surface area contributed by atoms with Gasteiger partial charge < -0.3 is 9.80 Å². The van der Waals surface area contributed by atoms with E-state index in [4.69, 9.17) is 0 Å². The van der Waals surface area contributed by atoms with Gasteiger partial charge >= 0.3 is 5.69 Å². The Labute approximate surface area is 158 Å². The average molecular weight is 370 g/mol. The first kappa shape index (κ1) is 17.8. The molecule has 1 saturated heterocycles. The van der Waals surface area contributed by atoms with Gasteiger partial charge in [-0.15, -0.1) is 0 Å². The monoisotopic (exact) mass is 370 g/mol. The van der Waals surface area contributed by atoms with E-state index in [2.05, 4.69) is 0 Å². The van der Waals surface area contributed by atoms with E-state index in [1.807, 2.05) is 11.0 Å². The van der Waals surface area contributed by atoms with Gasteiger partial charge in [0.2, 0.25) is 5.91 Å². The standard InChI is InChI=1S/C20H26N4O3/c1-21-16-8-7-15(13-17(16)22(2)20(21)27)19(26)24-11-9-23(10-12-24)18(25)14-5-3-4-6-14/h7-8,13-14H,3-6,9-12H2,1-2H3. The Kier molecular flexibility index (Phi) is 4.53. The number of nitrogens with zero attached hydrogens (tertiary/aromatic N) is 4. The van der Waals surface area contributed by atoms with Crippen LogP contribution in [0.15, 0.2) is 23.0 Å². The van der Waals surface area contributed by atoms with Crippen LogP contribution in [-0.4, -0.2) is 56.9 Å². The van der Waals surface area contributed by atoms with Gasteiger partial charge in [0.15, 0.2) is 0 Å². The maximum atomic E-state index is 12.9. The van der Waals surface area contributed by atoms with Crippen LogP contribution < -0.4 is 5.69 Å². The minimum atomic E-state index is -0.103. The number of imidazole rings is 1. The fraction of sp³-hybridized carbons (Fsp3) is 0.550. The summed E-state index contributed by atoms with van der Waals surface area (Å²) in [4.78, 5) is 41.3. The van der Waals surface area contributed by atoms with Crippen molar-refractivity contribution in [2.45, 2.75) is 25.7 Å². The van der Waals surface area contributed by atoms with Crippen LogP contribution in [0, 0.1) is 5.92 Å². The summed E-state index contributed by atoms with van der Waals surface area (Å²) in [5.41, 5.74) is 2.04. The minimum Gasteiger partial charge on any atom is -0.339 e. The van der Waals surface area contributed by atoms with Gasteiger partial charge in [-0.3, -0.25) is 18.7 Å². The number of carbonyl (C=O) groups excluding carboxylic acids is 2. The van der Waals surface area contributed by atoms with Gasteiger partial charge in [-0.05, 0) is 31.0 Å². The molecule has 1 saturated carbocycles. The van der Waals surface area contributed by atoms with Crippen molar-refractivity contribution in [3.8, 4) is 0 Å². The third kappa shape index (κ3) is 3.05. The predicted octanol–water partition coefficient (Wildman–Crippen LogP) is 1.35. The van der Waals surface area contributed by atoms with E-state index in [0.717, 1.165) is 36.7 Å². The normalized spacial score (nSPS) is 18.4. The van der Waals surface area contributed by atoms with Crippen LogP contribution in [0.4, 0.5) is 0 Å². The van der Waals surface area contributed by atoms with Crippen LogP contribution in [0.25, 0.3) is 11.0 Å². The van der Waals surface area contributed by atoms with Crippen molar-refractivity contribution in [1.82, 2.24) is 18.9 Å². The van der Waals surface area contributed by atoms with Gasteiger partial charge in [0, 0.05) is 51.8 Å². The van der Waals surface area contributed by atoms with E-state index in [0.29, 0.717) is 31.7 Å². The first-order chi connectivity index (χ1) is 13.0. The lowest BCUT2D eigenvalue weighted by molar-refractivity contribution is -0.136. The Bertz CT molecular complexity index is 944. The van der Waals surface area contributed by atoms with E-state index in [1.54, 1.807) is 40.3 Å². The molecule has 1 aromatic carbocycles. The summed E-state index contributed by atoms with van der Waals surface area (Å²) in [6.45, 7) is 2.33. The smallest absolute Gasteiger partial charge is 0.328 e. The fourth-order valence-electron chi connectivity index (χ4n) is 4.38. The SMILES string of the molecule is Cn1c(=O)n(C)c2cc(C(=O)N3CCN(C(=O)C4CCCC4)CC3)ccc21. The van der Waals surface area contributed by atoms with Crippen LogP contribution in [0.3, 0.4) is 0 Å². The van der Waals surface area contributed by atoms with Crippen molar-refractivity contribution in [3.05, 3.63) is 34.2 Å². The zero-order chi connectivity index (χ0) is 19.1. The van der Waals surface area contributed by atoms with E-state index in [9.17, 15) is 14.4 Å². The number of hydrogen-bond acceptors (Lipinski definition) is 3. The summed E-state index contributed by atoms with van der Waals surface area (Å²) < 4.78 is 3.14. The number of aryl methyl sites for hydroxylation is 2. The van der Waals surface area contributed by atoms with Crippen molar-refractivity contribution >= 4 is 22.8 Å². The highest BCUT2D eigenvalue weighted by Crippen LogP contribution is 2.27. The molecule has 27 heavy (non-hydrogen) atoms. The number of benzene rings is 1. The number of rotatable bonds is 2. The van der Waals surface area contributed by atoms with Crippen LogP contribution in [0.5, 0.6) is 0 Å². The third-order valence-corrected chi connectivity index (χ3v) is 6.10. The minimum absolute atomic E-state index is 0.0406. The summed E-state index contributed by atoms with van der Waals surface area (Å²) in [6, 6.07) is 5.39. The highest BCUT2D eigenvalue weighted by Gasteiger charge is 2.30. The lowest BCUT2D eigenvalue weighted by Gasteiger charge is -2.36. The highest BCUT2D eigenvalue weighted by atomic mass is 16.2. The molecule has 0 N–H and O–H groups in total. The molecule has 7 heteroatoms. The van der Waals surface area contributed by atoms with Crippen molar-refractivity contribution < 1.29 is 9.59 Å². The molecule has 0 unspecified atom stereocenters. The molecule has 0 atom stereocenters. The number of fused-ring (bicyclic) bond motifs is 1.